The first kappa shape index (κ1) is 21.4. The minimum absolute atomic E-state index is 0.130. The van der Waals surface area contributed by atoms with E-state index in [0.29, 0.717) is 37.5 Å². The molecule has 1 N–H and O–H groups in total. The van der Waals surface area contributed by atoms with E-state index in [-0.39, 0.29) is 34.2 Å². The van der Waals surface area contributed by atoms with Crippen LogP contribution in [0.25, 0.3) is 11.2 Å². The largest absolute Gasteiger partial charge is 0.338 e. The van der Waals surface area contributed by atoms with Gasteiger partial charge in [-0.3, -0.25) is 19.7 Å². The van der Waals surface area contributed by atoms with Gasteiger partial charge in [0.25, 0.3) is 17.2 Å². The minimum atomic E-state index is -0.522. The Morgan fingerprint density at radius 2 is 2.00 bits per heavy atom. The average molecular weight is 459 g/mol. The summed E-state index contributed by atoms with van der Waals surface area (Å²) < 4.78 is 1.60. The van der Waals surface area contributed by atoms with Crippen molar-refractivity contribution in [3.8, 4) is 0 Å². The summed E-state index contributed by atoms with van der Waals surface area (Å²) in [6.07, 6.45) is 1.46. The standard InChI is InChI=1S/C23H21N7O4/c31-22-19-21(29(27-26-19)13-15-6-2-1-3-7-15)24-20(25-22)17-9-5-11-28(14-17)23(32)16-8-4-10-18(12-16)30(33)34/h1-4,6-8,10,12,17H,5,9,11,13-14H2,(H,24,25,31). The summed E-state index contributed by atoms with van der Waals surface area (Å²) in [6, 6.07) is 15.4. The number of non-ortho nitro benzene ring substituents is 1. The van der Waals surface area contributed by atoms with Crippen LogP contribution in [0.4, 0.5) is 5.69 Å². The fourth-order valence-electron chi connectivity index (χ4n) is 4.26. The van der Waals surface area contributed by atoms with Gasteiger partial charge in [0.15, 0.2) is 11.2 Å². The van der Waals surface area contributed by atoms with E-state index in [2.05, 4.69) is 20.3 Å². The maximum Gasteiger partial charge on any atom is 0.281 e. The van der Waals surface area contributed by atoms with E-state index < -0.39 is 4.92 Å². The highest BCUT2D eigenvalue weighted by Crippen LogP contribution is 2.26. The van der Waals surface area contributed by atoms with Gasteiger partial charge >= 0.3 is 0 Å². The van der Waals surface area contributed by atoms with Crippen LogP contribution in [0.15, 0.2) is 59.4 Å². The SMILES string of the molecule is O=C(c1cccc([N+](=O)[O-])c1)N1CCCC(c2nc3c(nnn3Cc3ccccc3)c(=O)[nH]2)C1. The number of aromatic nitrogens is 5. The van der Waals surface area contributed by atoms with Crippen LogP contribution >= 0.6 is 0 Å². The van der Waals surface area contributed by atoms with Crippen molar-refractivity contribution in [3.05, 3.63) is 92.0 Å². The van der Waals surface area contributed by atoms with E-state index in [1.807, 2.05) is 30.3 Å². The van der Waals surface area contributed by atoms with Crippen molar-refractivity contribution in [1.29, 1.82) is 0 Å². The molecule has 0 bridgehead atoms. The number of amides is 1. The number of hydrogen-bond donors (Lipinski definition) is 1. The molecule has 1 saturated heterocycles. The minimum Gasteiger partial charge on any atom is -0.338 e. The lowest BCUT2D eigenvalue weighted by atomic mass is 9.96. The molecule has 4 aromatic rings. The summed E-state index contributed by atoms with van der Waals surface area (Å²) in [5.41, 5.74) is 1.32. The third kappa shape index (κ3) is 4.15. The first-order chi connectivity index (χ1) is 16.5. The first-order valence-electron chi connectivity index (χ1n) is 10.9. The van der Waals surface area contributed by atoms with Gasteiger partial charge in [-0.15, -0.1) is 5.10 Å². The predicted molar refractivity (Wildman–Crippen MR) is 122 cm³/mol. The number of nitro groups is 1. The van der Waals surface area contributed by atoms with E-state index in [4.69, 9.17) is 0 Å². The van der Waals surface area contributed by atoms with Crippen LogP contribution in [0, 0.1) is 10.1 Å². The second kappa shape index (κ2) is 8.85. The summed E-state index contributed by atoms with van der Waals surface area (Å²) in [4.78, 5) is 45.4. The van der Waals surface area contributed by atoms with Crippen molar-refractivity contribution in [2.24, 2.45) is 0 Å². The molecule has 0 saturated carbocycles. The van der Waals surface area contributed by atoms with Gasteiger partial charge in [0.05, 0.1) is 11.5 Å². The van der Waals surface area contributed by atoms with Crippen molar-refractivity contribution < 1.29 is 9.72 Å². The first-order valence-corrected chi connectivity index (χ1v) is 10.9. The Labute approximate surface area is 193 Å². The Bertz CT molecular complexity index is 1430. The number of hydrogen-bond acceptors (Lipinski definition) is 7. The number of nitrogens with zero attached hydrogens (tertiary/aromatic N) is 6. The lowest BCUT2D eigenvalue weighted by Crippen LogP contribution is -2.40. The molecule has 1 aliphatic heterocycles. The molecule has 1 atom stereocenters. The van der Waals surface area contributed by atoms with E-state index in [0.717, 1.165) is 12.0 Å². The average Bonchev–Trinajstić information content (AvgIpc) is 3.27. The van der Waals surface area contributed by atoms with Crippen LogP contribution in [0.5, 0.6) is 0 Å². The second-order valence-electron chi connectivity index (χ2n) is 8.25. The zero-order valence-electron chi connectivity index (χ0n) is 18.1. The molecule has 5 rings (SSSR count). The van der Waals surface area contributed by atoms with Gasteiger partial charge in [-0.25, -0.2) is 9.67 Å². The van der Waals surface area contributed by atoms with Gasteiger partial charge < -0.3 is 9.88 Å². The number of rotatable bonds is 5. The number of carbonyl (C=O) groups excluding carboxylic acids is 1. The summed E-state index contributed by atoms with van der Waals surface area (Å²) in [5, 5.41) is 19.2. The zero-order chi connectivity index (χ0) is 23.7. The van der Waals surface area contributed by atoms with Gasteiger partial charge in [0.2, 0.25) is 0 Å². The van der Waals surface area contributed by atoms with E-state index in [9.17, 15) is 19.7 Å². The lowest BCUT2D eigenvalue weighted by molar-refractivity contribution is -0.384. The molecule has 0 radical (unpaired) electrons. The summed E-state index contributed by atoms with van der Waals surface area (Å²) in [5.74, 6) is 0.00633. The van der Waals surface area contributed by atoms with Crippen LogP contribution in [0.1, 0.15) is 40.5 Å². The molecule has 1 aliphatic rings. The highest BCUT2D eigenvalue weighted by Gasteiger charge is 2.28. The van der Waals surface area contributed by atoms with Gasteiger partial charge in [-0.2, -0.15) is 0 Å². The second-order valence-corrected chi connectivity index (χ2v) is 8.25. The molecule has 172 valence electrons. The summed E-state index contributed by atoms with van der Waals surface area (Å²) in [6.45, 7) is 1.30. The fraction of sp³-hybridized carbons (Fsp3) is 0.261. The van der Waals surface area contributed by atoms with Crippen molar-refractivity contribution in [1.82, 2.24) is 29.9 Å². The number of nitrogens with one attached hydrogen (secondary N) is 1. The molecule has 1 unspecified atom stereocenters. The number of nitro benzene ring substituents is 1. The number of likely N-dealkylation sites (tertiary alicyclic amines) is 1. The molecule has 0 aliphatic carbocycles. The number of fused-ring (bicyclic) bond motifs is 1. The maximum absolute atomic E-state index is 13.0. The van der Waals surface area contributed by atoms with Gasteiger partial charge in [0.1, 0.15) is 5.82 Å². The van der Waals surface area contributed by atoms with Crippen LogP contribution in [-0.2, 0) is 6.54 Å². The van der Waals surface area contributed by atoms with Crippen LogP contribution in [0.3, 0.4) is 0 Å². The molecule has 0 spiro atoms. The molecule has 3 heterocycles. The summed E-state index contributed by atoms with van der Waals surface area (Å²) >= 11 is 0. The molecular weight excluding hydrogens is 438 g/mol. The highest BCUT2D eigenvalue weighted by atomic mass is 16.6. The van der Waals surface area contributed by atoms with E-state index in [1.54, 1.807) is 15.6 Å². The van der Waals surface area contributed by atoms with Crippen molar-refractivity contribution >= 4 is 22.8 Å². The predicted octanol–water partition coefficient (Wildman–Crippen LogP) is 2.49. The Balaban J connectivity index is 1.41. The van der Waals surface area contributed by atoms with Gasteiger partial charge in [0, 0.05) is 36.7 Å². The monoisotopic (exact) mass is 459 g/mol. The number of H-pyrrole nitrogens is 1. The zero-order valence-corrected chi connectivity index (χ0v) is 18.1. The Morgan fingerprint density at radius 3 is 2.79 bits per heavy atom. The van der Waals surface area contributed by atoms with Crippen molar-refractivity contribution in [3.63, 3.8) is 0 Å². The number of aromatic amines is 1. The van der Waals surface area contributed by atoms with Crippen LogP contribution < -0.4 is 5.56 Å². The quantitative estimate of drug-likeness (QED) is 0.357. The van der Waals surface area contributed by atoms with Crippen LogP contribution in [-0.4, -0.2) is 53.8 Å². The molecule has 1 fully saturated rings. The topological polar surface area (TPSA) is 140 Å². The molecule has 11 heteroatoms. The van der Waals surface area contributed by atoms with Gasteiger partial charge in [-0.05, 0) is 24.5 Å². The number of piperidine rings is 1. The molecular formula is C23H21N7O4. The van der Waals surface area contributed by atoms with Crippen molar-refractivity contribution in [2.75, 3.05) is 13.1 Å². The normalized spacial score (nSPS) is 16.0. The Hall–Kier alpha value is -4.41. The smallest absolute Gasteiger partial charge is 0.281 e. The Kier molecular flexibility index (Phi) is 5.58. The van der Waals surface area contributed by atoms with Crippen molar-refractivity contribution in [2.45, 2.75) is 25.3 Å². The summed E-state index contributed by atoms with van der Waals surface area (Å²) in [7, 11) is 0. The molecule has 2 aromatic carbocycles. The van der Waals surface area contributed by atoms with Crippen LogP contribution in [0.2, 0.25) is 0 Å². The maximum atomic E-state index is 13.0. The van der Waals surface area contributed by atoms with Gasteiger partial charge in [-0.1, -0.05) is 41.6 Å². The van der Waals surface area contributed by atoms with E-state index >= 15 is 0 Å². The number of carbonyl (C=O) groups is 1. The third-order valence-electron chi connectivity index (χ3n) is 5.97. The van der Waals surface area contributed by atoms with E-state index in [1.165, 1.54) is 18.2 Å². The lowest BCUT2D eigenvalue weighted by Gasteiger charge is -2.32. The number of benzene rings is 2. The molecule has 34 heavy (non-hydrogen) atoms. The fourth-order valence-corrected chi connectivity index (χ4v) is 4.26. The molecule has 2 aromatic heterocycles. The Morgan fingerprint density at radius 1 is 1.18 bits per heavy atom. The molecule has 1 amide bonds. The highest BCUT2D eigenvalue weighted by molar-refractivity contribution is 5.95. The third-order valence-corrected chi connectivity index (χ3v) is 5.97. The molecule has 11 nitrogen and oxygen atoms in total.